The Morgan fingerprint density at radius 2 is 2.05 bits per heavy atom. The van der Waals surface area contributed by atoms with Gasteiger partial charge in [-0.3, -0.25) is 0 Å². The van der Waals surface area contributed by atoms with Gasteiger partial charge in [-0.2, -0.15) is 0 Å². The fraction of sp³-hybridized carbons (Fsp3) is 0.625. The van der Waals surface area contributed by atoms with Crippen molar-refractivity contribution in [1.82, 2.24) is 0 Å². The molecule has 0 saturated carbocycles. The molecular weight excluding hydrogens is 295 g/mol. The van der Waals surface area contributed by atoms with E-state index >= 15 is 0 Å². The Hall–Kier alpha value is -0.280. The first-order valence-corrected chi connectivity index (χ1v) is 7.79. The minimum atomic E-state index is -0.782. The molecular formula is C16H22Cl2O2. The molecule has 0 unspecified atom stereocenters. The Labute approximate surface area is 131 Å². The molecule has 1 fully saturated rings. The third-order valence-corrected chi connectivity index (χ3v) is 4.64. The second-order valence-corrected chi connectivity index (χ2v) is 7.19. The van der Waals surface area contributed by atoms with Crippen LogP contribution in [0.2, 0.25) is 10.0 Å². The van der Waals surface area contributed by atoms with Crippen LogP contribution in [-0.2, 0) is 15.3 Å². The highest BCUT2D eigenvalue weighted by molar-refractivity contribution is 6.35. The topological polar surface area (TPSA) is 18.5 Å². The molecule has 1 heterocycles. The Bertz CT molecular complexity index is 487. The molecule has 2 rings (SSSR count). The van der Waals surface area contributed by atoms with Crippen molar-refractivity contribution < 1.29 is 9.47 Å². The van der Waals surface area contributed by atoms with E-state index in [1.54, 1.807) is 6.07 Å². The summed E-state index contributed by atoms with van der Waals surface area (Å²) in [5, 5.41) is 1.19. The predicted octanol–water partition coefficient (Wildman–Crippen LogP) is 5.41. The summed E-state index contributed by atoms with van der Waals surface area (Å²) in [6.07, 6.45) is 2.19. The molecule has 0 amide bonds. The summed E-state index contributed by atoms with van der Waals surface area (Å²) in [5.74, 6) is -0.782. The van der Waals surface area contributed by atoms with Gasteiger partial charge >= 0.3 is 0 Å². The van der Waals surface area contributed by atoms with Gasteiger partial charge in [0, 0.05) is 10.6 Å². The molecule has 112 valence electrons. The van der Waals surface area contributed by atoms with Crippen LogP contribution in [0.25, 0.3) is 0 Å². The smallest absolute Gasteiger partial charge is 0.193 e. The van der Waals surface area contributed by atoms with Gasteiger partial charge in [-0.25, -0.2) is 0 Å². The minimum absolute atomic E-state index is 0.0988. The predicted molar refractivity (Wildman–Crippen MR) is 83.3 cm³/mol. The Kier molecular flexibility index (Phi) is 4.70. The monoisotopic (exact) mass is 316 g/mol. The van der Waals surface area contributed by atoms with Gasteiger partial charge in [-0.1, -0.05) is 56.5 Å². The van der Waals surface area contributed by atoms with Gasteiger partial charge in [0.05, 0.1) is 17.7 Å². The first-order valence-electron chi connectivity index (χ1n) is 7.03. The van der Waals surface area contributed by atoms with E-state index in [9.17, 15) is 0 Å². The quantitative estimate of drug-likeness (QED) is 0.739. The zero-order chi connectivity index (χ0) is 15.0. The van der Waals surface area contributed by atoms with Crippen molar-refractivity contribution in [2.24, 2.45) is 5.41 Å². The van der Waals surface area contributed by atoms with Crippen LogP contribution < -0.4 is 0 Å². The molecule has 0 aromatic heterocycles. The molecule has 1 aromatic carbocycles. The van der Waals surface area contributed by atoms with Crippen molar-refractivity contribution in [1.29, 1.82) is 0 Å². The fourth-order valence-electron chi connectivity index (χ4n) is 2.50. The summed E-state index contributed by atoms with van der Waals surface area (Å²) < 4.78 is 12.0. The van der Waals surface area contributed by atoms with E-state index in [0.717, 1.165) is 18.4 Å². The highest BCUT2D eigenvalue weighted by Gasteiger charge is 2.41. The number of halogens is 2. The van der Waals surface area contributed by atoms with E-state index in [-0.39, 0.29) is 11.5 Å². The van der Waals surface area contributed by atoms with E-state index in [0.29, 0.717) is 16.7 Å². The molecule has 20 heavy (non-hydrogen) atoms. The molecule has 2 nitrogen and oxygen atoms in total. The molecule has 0 spiro atoms. The summed E-state index contributed by atoms with van der Waals surface area (Å²) in [6, 6.07) is 5.40. The molecule has 1 aliphatic rings. The normalized spacial score (nSPS) is 27.0. The molecule has 0 radical (unpaired) electrons. The first kappa shape index (κ1) is 16.1. The summed E-state index contributed by atoms with van der Waals surface area (Å²) in [5.41, 5.74) is 1.09. The summed E-state index contributed by atoms with van der Waals surface area (Å²) in [7, 11) is 0. The lowest BCUT2D eigenvalue weighted by atomic mass is 9.84. The molecule has 0 bridgehead atoms. The SMILES string of the molecule is CCC(C)(C)C[C@@H]1CO[C@@](C)(c2ccc(Cl)cc2Cl)O1. The van der Waals surface area contributed by atoms with Crippen molar-refractivity contribution in [3.8, 4) is 0 Å². The summed E-state index contributed by atoms with van der Waals surface area (Å²) in [6.45, 7) is 9.22. The highest BCUT2D eigenvalue weighted by atomic mass is 35.5. The Morgan fingerprint density at radius 1 is 1.35 bits per heavy atom. The van der Waals surface area contributed by atoms with Crippen LogP contribution in [0.3, 0.4) is 0 Å². The Balaban J connectivity index is 2.14. The number of rotatable bonds is 4. The Morgan fingerprint density at radius 3 is 2.65 bits per heavy atom. The van der Waals surface area contributed by atoms with Crippen molar-refractivity contribution in [2.75, 3.05) is 6.61 Å². The number of hydrogen-bond acceptors (Lipinski definition) is 2. The zero-order valence-electron chi connectivity index (χ0n) is 12.5. The van der Waals surface area contributed by atoms with E-state index in [2.05, 4.69) is 20.8 Å². The lowest BCUT2D eigenvalue weighted by Gasteiger charge is -2.28. The average molecular weight is 317 g/mol. The zero-order valence-corrected chi connectivity index (χ0v) is 14.0. The lowest BCUT2D eigenvalue weighted by Crippen LogP contribution is -2.26. The van der Waals surface area contributed by atoms with Crippen molar-refractivity contribution >= 4 is 23.2 Å². The first-order chi connectivity index (χ1) is 9.26. The van der Waals surface area contributed by atoms with Gasteiger partial charge in [-0.15, -0.1) is 0 Å². The molecule has 1 aliphatic heterocycles. The lowest BCUT2D eigenvalue weighted by molar-refractivity contribution is -0.164. The van der Waals surface area contributed by atoms with Gasteiger partial charge in [0.2, 0.25) is 0 Å². The van der Waals surface area contributed by atoms with Crippen LogP contribution in [0.15, 0.2) is 18.2 Å². The van der Waals surface area contributed by atoms with Crippen LogP contribution in [0, 0.1) is 5.41 Å². The molecule has 0 N–H and O–H groups in total. The molecule has 4 heteroatoms. The van der Waals surface area contributed by atoms with Crippen molar-refractivity contribution in [3.05, 3.63) is 33.8 Å². The van der Waals surface area contributed by atoms with Crippen LogP contribution in [-0.4, -0.2) is 12.7 Å². The maximum Gasteiger partial charge on any atom is 0.193 e. The van der Waals surface area contributed by atoms with Crippen LogP contribution >= 0.6 is 23.2 Å². The van der Waals surface area contributed by atoms with E-state index < -0.39 is 5.79 Å². The average Bonchev–Trinajstić information content (AvgIpc) is 2.70. The van der Waals surface area contributed by atoms with Gasteiger partial charge in [0.15, 0.2) is 5.79 Å². The molecule has 2 atom stereocenters. The number of ether oxygens (including phenoxy) is 2. The van der Waals surface area contributed by atoms with Crippen molar-refractivity contribution in [2.45, 2.75) is 52.4 Å². The van der Waals surface area contributed by atoms with E-state index in [1.807, 2.05) is 19.1 Å². The fourth-order valence-corrected chi connectivity index (χ4v) is 3.08. The third-order valence-electron chi connectivity index (χ3n) is 4.09. The van der Waals surface area contributed by atoms with Gasteiger partial charge in [0.1, 0.15) is 0 Å². The third kappa shape index (κ3) is 3.48. The number of benzene rings is 1. The van der Waals surface area contributed by atoms with Crippen molar-refractivity contribution in [3.63, 3.8) is 0 Å². The maximum atomic E-state index is 6.26. The maximum absolute atomic E-state index is 6.26. The standard InChI is InChI=1S/C16H22Cl2O2/c1-5-15(2,3)9-12-10-19-16(4,20-12)13-7-6-11(17)8-14(13)18/h6-8,12H,5,9-10H2,1-4H3/t12-,16-/m1/s1. The molecule has 1 aromatic rings. The van der Waals surface area contributed by atoms with Crippen LogP contribution in [0.1, 0.15) is 46.1 Å². The van der Waals surface area contributed by atoms with Gasteiger partial charge < -0.3 is 9.47 Å². The van der Waals surface area contributed by atoms with E-state index in [4.69, 9.17) is 32.7 Å². The van der Waals surface area contributed by atoms with Gasteiger partial charge in [0.25, 0.3) is 0 Å². The number of hydrogen-bond donors (Lipinski definition) is 0. The van der Waals surface area contributed by atoms with Crippen LogP contribution in [0.5, 0.6) is 0 Å². The van der Waals surface area contributed by atoms with Gasteiger partial charge in [-0.05, 0) is 30.9 Å². The summed E-state index contributed by atoms with van der Waals surface area (Å²) >= 11 is 12.2. The largest absolute Gasteiger partial charge is 0.343 e. The van der Waals surface area contributed by atoms with Crippen LogP contribution in [0.4, 0.5) is 0 Å². The van der Waals surface area contributed by atoms with E-state index in [1.165, 1.54) is 0 Å². The minimum Gasteiger partial charge on any atom is -0.343 e. The highest BCUT2D eigenvalue weighted by Crippen LogP contribution is 2.41. The molecule has 0 aliphatic carbocycles. The second-order valence-electron chi connectivity index (χ2n) is 6.34. The molecule has 1 saturated heterocycles. The second kappa shape index (κ2) is 5.84. The summed E-state index contributed by atoms with van der Waals surface area (Å²) in [4.78, 5) is 0.